The van der Waals surface area contributed by atoms with Crippen molar-refractivity contribution in [3.8, 4) is 0 Å². The number of rotatable bonds is 6. The Hall–Kier alpha value is -2.05. The monoisotopic (exact) mass is 388 g/mol. The fourth-order valence-electron chi connectivity index (χ4n) is 2.53. The lowest BCUT2D eigenvalue weighted by Crippen LogP contribution is -2.20. The van der Waals surface area contributed by atoms with E-state index in [0.717, 1.165) is 21.7 Å². The van der Waals surface area contributed by atoms with Gasteiger partial charge in [0.2, 0.25) is 5.95 Å². The Balaban J connectivity index is 1.82. The molecule has 26 heavy (non-hydrogen) atoms. The van der Waals surface area contributed by atoms with Crippen molar-refractivity contribution in [3.63, 3.8) is 0 Å². The van der Waals surface area contributed by atoms with Crippen LogP contribution in [0.5, 0.6) is 0 Å². The predicted molar refractivity (Wildman–Crippen MR) is 109 cm³/mol. The number of anilines is 1. The zero-order chi connectivity index (χ0) is 18.7. The SMILES string of the molecule is CC(C)CSc1ccnc(N[C@@H](C)c2cc3cc(Cl)ccc3[nH]c2=O)n1. The highest BCUT2D eigenvalue weighted by molar-refractivity contribution is 7.99. The summed E-state index contributed by atoms with van der Waals surface area (Å²) in [5, 5.41) is 5.66. The highest BCUT2D eigenvalue weighted by Gasteiger charge is 2.13. The Kier molecular flexibility index (Phi) is 5.84. The van der Waals surface area contributed by atoms with Gasteiger partial charge in [0.25, 0.3) is 5.56 Å². The molecule has 0 fully saturated rings. The lowest BCUT2D eigenvalue weighted by molar-refractivity contribution is 0.749. The maximum atomic E-state index is 12.4. The van der Waals surface area contributed by atoms with Gasteiger partial charge in [-0.15, -0.1) is 11.8 Å². The third kappa shape index (κ3) is 4.56. The van der Waals surface area contributed by atoms with Crippen LogP contribution < -0.4 is 10.9 Å². The second kappa shape index (κ2) is 8.10. The van der Waals surface area contributed by atoms with Crippen LogP contribution in [-0.2, 0) is 0 Å². The van der Waals surface area contributed by atoms with Crippen LogP contribution in [0.3, 0.4) is 0 Å². The van der Waals surface area contributed by atoms with E-state index in [4.69, 9.17) is 11.6 Å². The van der Waals surface area contributed by atoms with Crippen LogP contribution in [-0.4, -0.2) is 20.7 Å². The van der Waals surface area contributed by atoms with Crippen molar-refractivity contribution in [2.45, 2.75) is 31.8 Å². The van der Waals surface area contributed by atoms with Gasteiger partial charge >= 0.3 is 0 Å². The Morgan fingerprint density at radius 3 is 2.81 bits per heavy atom. The van der Waals surface area contributed by atoms with Crippen LogP contribution in [0.15, 0.2) is 46.3 Å². The second-order valence-corrected chi connectivity index (χ2v) is 8.05. The largest absolute Gasteiger partial charge is 0.347 e. The molecule has 0 saturated heterocycles. The van der Waals surface area contributed by atoms with Crippen molar-refractivity contribution in [3.05, 3.63) is 57.5 Å². The van der Waals surface area contributed by atoms with E-state index in [0.29, 0.717) is 22.5 Å². The number of fused-ring (bicyclic) bond motifs is 1. The number of halogens is 1. The summed E-state index contributed by atoms with van der Waals surface area (Å²) in [6.07, 6.45) is 1.73. The van der Waals surface area contributed by atoms with Gasteiger partial charge in [-0.05, 0) is 43.2 Å². The van der Waals surface area contributed by atoms with Gasteiger partial charge in [-0.2, -0.15) is 0 Å². The van der Waals surface area contributed by atoms with Gasteiger partial charge in [0.1, 0.15) is 5.03 Å². The zero-order valence-corrected chi connectivity index (χ0v) is 16.5. The predicted octanol–water partition coefficient (Wildman–Crippen LogP) is 4.89. The zero-order valence-electron chi connectivity index (χ0n) is 14.9. The van der Waals surface area contributed by atoms with Gasteiger partial charge in [0.15, 0.2) is 0 Å². The van der Waals surface area contributed by atoms with E-state index in [1.807, 2.05) is 25.1 Å². The molecule has 3 rings (SSSR count). The third-order valence-corrected chi connectivity index (χ3v) is 5.43. The van der Waals surface area contributed by atoms with E-state index in [9.17, 15) is 4.79 Å². The molecular weight excluding hydrogens is 368 g/mol. The minimum absolute atomic E-state index is 0.134. The van der Waals surface area contributed by atoms with Gasteiger partial charge < -0.3 is 10.3 Å². The van der Waals surface area contributed by atoms with Crippen LogP contribution in [0.4, 0.5) is 5.95 Å². The molecule has 136 valence electrons. The van der Waals surface area contributed by atoms with Crippen molar-refractivity contribution in [2.75, 3.05) is 11.1 Å². The maximum Gasteiger partial charge on any atom is 0.253 e. The van der Waals surface area contributed by atoms with E-state index in [2.05, 4.69) is 34.1 Å². The highest BCUT2D eigenvalue weighted by atomic mass is 35.5. The van der Waals surface area contributed by atoms with Gasteiger partial charge in [0.05, 0.1) is 6.04 Å². The summed E-state index contributed by atoms with van der Waals surface area (Å²) in [5.41, 5.74) is 1.24. The van der Waals surface area contributed by atoms with E-state index in [1.165, 1.54) is 0 Å². The summed E-state index contributed by atoms with van der Waals surface area (Å²) >= 11 is 7.76. The molecule has 0 amide bonds. The number of nitrogens with one attached hydrogen (secondary N) is 2. The number of hydrogen-bond donors (Lipinski definition) is 2. The molecule has 5 nitrogen and oxygen atoms in total. The summed E-state index contributed by atoms with van der Waals surface area (Å²) in [7, 11) is 0. The topological polar surface area (TPSA) is 70.7 Å². The molecule has 1 atom stereocenters. The first-order chi connectivity index (χ1) is 12.4. The quantitative estimate of drug-likeness (QED) is 0.464. The number of H-pyrrole nitrogens is 1. The highest BCUT2D eigenvalue weighted by Crippen LogP contribution is 2.22. The number of pyridine rings is 1. The first kappa shape index (κ1) is 18.7. The molecule has 0 aliphatic rings. The number of nitrogens with zero attached hydrogens (tertiary/aromatic N) is 2. The molecule has 2 N–H and O–H groups in total. The summed E-state index contributed by atoms with van der Waals surface area (Å²) in [6, 6.07) is 8.91. The van der Waals surface area contributed by atoms with Crippen molar-refractivity contribution in [1.29, 1.82) is 0 Å². The van der Waals surface area contributed by atoms with Crippen LogP contribution in [0.2, 0.25) is 5.02 Å². The summed E-state index contributed by atoms with van der Waals surface area (Å²) in [4.78, 5) is 24.1. The second-order valence-electron chi connectivity index (χ2n) is 6.57. The first-order valence-corrected chi connectivity index (χ1v) is 9.83. The Morgan fingerprint density at radius 1 is 1.23 bits per heavy atom. The first-order valence-electron chi connectivity index (χ1n) is 8.47. The van der Waals surface area contributed by atoms with Crippen molar-refractivity contribution in [1.82, 2.24) is 15.0 Å². The van der Waals surface area contributed by atoms with Gasteiger partial charge in [-0.25, -0.2) is 9.97 Å². The number of aromatic nitrogens is 3. The molecule has 3 aromatic rings. The van der Waals surface area contributed by atoms with E-state index in [-0.39, 0.29) is 11.6 Å². The molecule has 0 radical (unpaired) electrons. The summed E-state index contributed by atoms with van der Waals surface area (Å²) < 4.78 is 0. The molecular formula is C19H21ClN4OS. The summed E-state index contributed by atoms with van der Waals surface area (Å²) in [6.45, 7) is 6.26. The van der Waals surface area contributed by atoms with Crippen LogP contribution in [0.1, 0.15) is 32.4 Å². The Bertz CT molecular complexity index is 973. The molecule has 2 heterocycles. The number of hydrogen-bond acceptors (Lipinski definition) is 5. The maximum absolute atomic E-state index is 12.4. The fraction of sp³-hybridized carbons (Fsp3) is 0.316. The minimum atomic E-state index is -0.243. The van der Waals surface area contributed by atoms with Crippen LogP contribution >= 0.6 is 23.4 Å². The number of aromatic amines is 1. The number of thioether (sulfide) groups is 1. The van der Waals surface area contributed by atoms with E-state index >= 15 is 0 Å². The fourth-order valence-corrected chi connectivity index (χ4v) is 3.52. The minimum Gasteiger partial charge on any atom is -0.347 e. The van der Waals surface area contributed by atoms with Crippen LogP contribution in [0.25, 0.3) is 10.9 Å². The molecule has 0 unspecified atom stereocenters. The van der Waals surface area contributed by atoms with E-state index < -0.39 is 0 Å². The Labute approximate surface area is 161 Å². The molecule has 2 aromatic heterocycles. The molecule has 0 saturated carbocycles. The average Bonchev–Trinajstić information content (AvgIpc) is 2.60. The summed E-state index contributed by atoms with van der Waals surface area (Å²) in [5.74, 6) is 2.10. The number of benzene rings is 1. The molecule has 0 bridgehead atoms. The lowest BCUT2D eigenvalue weighted by Gasteiger charge is -2.14. The van der Waals surface area contributed by atoms with Gasteiger partial charge in [-0.3, -0.25) is 4.79 Å². The molecule has 7 heteroatoms. The molecule has 0 aliphatic heterocycles. The lowest BCUT2D eigenvalue weighted by atomic mass is 10.1. The molecule has 1 aromatic carbocycles. The smallest absolute Gasteiger partial charge is 0.253 e. The third-order valence-electron chi connectivity index (χ3n) is 3.84. The van der Waals surface area contributed by atoms with Crippen molar-refractivity contribution < 1.29 is 0 Å². The molecule has 0 spiro atoms. The van der Waals surface area contributed by atoms with Crippen LogP contribution in [0, 0.1) is 5.92 Å². The Morgan fingerprint density at radius 2 is 2.04 bits per heavy atom. The normalized spacial score (nSPS) is 12.5. The van der Waals surface area contributed by atoms with Gasteiger partial charge in [-0.1, -0.05) is 25.4 Å². The standard InChI is InChI=1S/C19H21ClN4OS/c1-11(2)10-26-17-6-7-21-19(24-17)22-12(3)15-9-13-8-14(20)4-5-16(13)23-18(15)25/h4-9,11-12H,10H2,1-3H3,(H,23,25)(H,21,22,24)/t12-/m0/s1. The molecule has 0 aliphatic carbocycles. The average molecular weight is 389 g/mol. The van der Waals surface area contributed by atoms with E-state index in [1.54, 1.807) is 30.1 Å². The van der Waals surface area contributed by atoms with Gasteiger partial charge in [0, 0.05) is 33.4 Å². The van der Waals surface area contributed by atoms with Crippen molar-refractivity contribution >= 4 is 40.2 Å². The van der Waals surface area contributed by atoms with Crippen molar-refractivity contribution in [2.24, 2.45) is 5.92 Å².